The first-order valence-corrected chi connectivity index (χ1v) is 11.3. The topological polar surface area (TPSA) is 90.3 Å². The predicted molar refractivity (Wildman–Crippen MR) is 124 cm³/mol. The Labute approximate surface area is 188 Å². The minimum atomic E-state index is -0.159. The van der Waals surface area contributed by atoms with Crippen LogP contribution in [0.5, 0.6) is 5.75 Å². The van der Waals surface area contributed by atoms with E-state index >= 15 is 0 Å². The van der Waals surface area contributed by atoms with Gasteiger partial charge in [-0.3, -0.25) is 4.79 Å². The van der Waals surface area contributed by atoms with E-state index in [1.165, 1.54) is 0 Å². The van der Waals surface area contributed by atoms with Crippen molar-refractivity contribution in [1.29, 1.82) is 0 Å². The second-order valence-corrected chi connectivity index (χ2v) is 7.99. The molecule has 0 aliphatic carbocycles. The summed E-state index contributed by atoms with van der Waals surface area (Å²) in [5, 5.41) is 12.1. The number of pyridine rings is 1. The van der Waals surface area contributed by atoms with Crippen molar-refractivity contribution in [3.05, 3.63) is 47.8 Å². The van der Waals surface area contributed by atoms with Crippen molar-refractivity contribution in [2.24, 2.45) is 0 Å². The number of methoxy groups -OCH3 is 1. The molecule has 1 aliphatic rings. The largest absolute Gasteiger partial charge is 0.497 e. The summed E-state index contributed by atoms with van der Waals surface area (Å²) >= 11 is 0. The molecule has 0 spiro atoms. The molecule has 1 saturated heterocycles. The Kier molecular flexibility index (Phi) is 6.90. The fourth-order valence-corrected chi connectivity index (χ4v) is 4.15. The van der Waals surface area contributed by atoms with Crippen LogP contribution in [0.2, 0.25) is 0 Å². The molecular weight excluding hydrogens is 406 g/mol. The number of fused-ring (bicyclic) bond motifs is 1. The number of aromatic nitrogens is 3. The van der Waals surface area contributed by atoms with E-state index in [4.69, 9.17) is 9.47 Å². The van der Waals surface area contributed by atoms with Crippen molar-refractivity contribution >= 4 is 22.6 Å². The van der Waals surface area contributed by atoms with Crippen LogP contribution in [0.25, 0.3) is 11.0 Å². The maximum absolute atomic E-state index is 13.5. The van der Waals surface area contributed by atoms with E-state index in [2.05, 4.69) is 27.6 Å². The minimum Gasteiger partial charge on any atom is -0.497 e. The normalized spacial score (nSPS) is 15.5. The smallest absolute Gasteiger partial charge is 0.255 e. The highest BCUT2D eigenvalue weighted by atomic mass is 16.5. The first-order chi connectivity index (χ1) is 15.6. The Hall–Kier alpha value is -3.13. The number of rotatable bonds is 8. The molecule has 2 aromatic heterocycles. The number of nitrogens with one attached hydrogen (secondary N) is 2. The first kappa shape index (κ1) is 22.1. The fourth-order valence-electron chi connectivity index (χ4n) is 4.15. The molecule has 8 nitrogen and oxygen atoms in total. The third kappa shape index (κ3) is 4.55. The maximum Gasteiger partial charge on any atom is 0.255 e. The number of benzene rings is 1. The third-order valence-corrected chi connectivity index (χ3v) is 5.99. The molecule has 1 aliphatic heterocycles. The quantitative estimate of drug-likeness (QED) is 0.555. The van der Waals surface area contributed by atoms with Crippen LogP contribution in [0.3, 0.4) is 0 Å². The average Bonchev–Trinajstić information content (AvgIpc) is 3.27. The number of anilines is 1. The lowest BCUT2D eigenvalue weighted by atomic mass is 10.0. The van der Waals surface area contributed by atoms with Gasteiger partial charge < -0.3 is 20.1 Å². The van der Waals surface area contributed by atoms with Gasteiger partial charge in [-0.15, -0.1) is 0 Å². The zero-order valence-electron chi connectivity index (χ0n) is 18.9. The SMILES string of the molecule is CCC(NC(=O)c1cnc2c(cnn2CC)c1NC1CCOCC1)c1cccc(OC)c1. The monoisotopic (exact) mass is 437 g/mol. The Bertz CT molecular complexity index is 1070. The minimum absolute atomic E-state index is 0.136. The lowest BCUT2D eigenvalue weighted by molar-refractivity contribution is 0.0903. The lowest BCUT2D eigenvalue weighted by Gasteiger charge is -2.26. The van der Waals surface area contributed by atoms with Gasteiger partial charge in [-0.2, -0.15) is 5.10 Å². The molecule has 1 unspecified atom stereocenters. The maximum atomic E-state index is 13.5. The molecule has 170 valence electrons. The predicted octanol–water partition coefficient (Wildman–Crippen LogP) is 3.93. The second kappa shape index (κ2) is 9.99. The van der Waals surface area contributed by atoms with Gasteiger partial charge in [0.1, 0.15) is 5.75 Å². The summed E-state index contributed by atoms with van der Waals surface area (Å²) in [5.74, 6) is 0.611. The molecule has 1 amide bonds. The summed E-state index contributed by atoms with van der Waals surface area (Å²) in [4.78, 5) is 18.0. The number of carbonyl (C=O) groups is 1. The Morgan fingerprint density at radius 1 is 1.28 bits per heavy atom. The van der Waals surface area contributed by atoms with E-state index < -0.39 is 0 Å². The Morgan fingerprint density at radius 3 is 2.81 bits per heavy atom. The summed E-state index contributed by atoms with van der Waals surface area (Å²) in [6.45, 7) is 6.23. The molecule has 1 atom stereocenters. The fraction of sp³-hybridized carbons (Fsp3) is 0.458. The van der Waals surface area contributed by atoms with E-state index in [0.717, 1.165) is 60.5 Å². The highest BCUT2D eigenvalue weighted by Gasteiger charge is 2.23. The van der Waals surface area contributed by atoms with Gasteiger partial charge in [0.15, 0.2) is 5.65 Å². The first-order valence-electron chi connectivity index (χ1n) is 11.3. The van der Waals surface area contributed by atoms with Crippen molar-refractivity contribution in [2.75, 3.05) is 25.6 Å². The Morgan fingerprint density at radius 2 is 2.09 bits per heavy atom. The van der Waals surface area contributed by atoms with Gasteiger partial charge in [0.05, 0.1) is 36.0 Å². The summed E-state index contributed by atoms with van der Waals surface area (Å²) in [6.07, 6.45) is 6.00. The van der Waals surface area contributed by atoms with Crippen LogP contribution in [0.1, 0.15) is 55.1 Å². The summed E-state index contributed by atoms with van der Waals surface area (Å²) in [5.41, 5.74) is 3.10. The third-order valence-electron chi connectivity index (χ3n) is 5.99. The molecule has 1 fully saturated rings. The standard InChI is InChI=1S/C24H31N5O3/c1-4-21(16-7-6-8-18(13-16)31-3)28-24(30)20-14-25-23-19(15-26-29(23)5-2)22(20)27-17-9-11-32-12-10-17/h6-8,13-15,17,21H,4-5,9-12H2,1-3H3,(H,25,27)(H,28,30). The molecule has 0 bridgehead atoms. The van der Waals surface area contributed by atoms with Gasteiger partial charge in [-0.25, -0.2) is 9.67 Å². The van der Waals surface area contributed by atoms with E-state index in [1.54, 1.807) is 19.5 Å². The molecule has 1 aromatic carbocycles. The van der Waals surface area contributed by atoms with E-state index in [1.807, 2.05) is 35.9 Å². The molecule has 0 radical (unpaired) electrons. The molecule has 3 aromatic rings. The van der Waals surface area contributed by atoms with Gasteiger partial charge in [0.2, 0.25) is 0 Å². The molecule has 4 rings (SSSR count). The zero-order valence-corrected chi connectivity index (χ0v) is 18.9. The molecule has 0 saturated carbocycles. The number of carbonyl (C=O) groups excluding carboxylic acids is 1. The van der Waals surface area contributed by atoms with Crippen LogP contribution in [-0.4, -0.2) is 47.0 Å². The van der Waals surface area contributed by atoms with Crippen molar-refractivity contribution in [3.8, 4) is 5.75 Å². The van der Waals surface area contributed by atoms with Crippen molar-refractivity contribution < 1.29 is 14.3 Å². The number of aryl methyl sites for hydroxylation is 1. The molecule has 8 heteroatoms. The van der Waals surface area contributed by atoms with Crippen LogP contribution < -0.4 is 15.4 Å². The number of hydrogen-bond acceptors (Lipinski definition) is 6. The van der Waals surface area contributed by atoms with Gasteiger partial charge in [-0.05, 0) is 43.9 Å². The van der Waals surface area contributed by atoms with Crippen molar-refractivity contribution in [2.45, 2.75) is 51.7 Å². The van der Waals surface area contributed by atoms with Crippen LogP contribution in [0.4, 0.5) is 5.69 Å². The summed E-state index contributed by atoms with van der Waals surface area (Å²) in [7, 11) is 1.64. The van der Waals surface area contributed by atoms with Gasteiger partial charge in [-0.1, -0.05) is 19.1 Å². The van der Waals surface area contributed by atoms with Crippen molar-refractivity contribution in [3.63, 3.8) is 0 Å². The lowest BCUT2D eigenvalue weighted by Crippen LogP contribution is -2.32. The number of nitrogens with zero attached hydrogens (tertiary/aromatic N) is 3. The molecule has 32 heavy (non-hydrogen) atoms. The van der Waals surface area contributed by atoms with E-state index in [-0.39, 0.29) is 18.0 Å². The Balaban J connectivity index is 1.66. The van der Waals surface area contributed by atoms with Crippen LogP contribution >= 0.6 is 0 Å². The van der Waals surface area contributed by atoms with E-state index in [9.17, 15) is 4.79 Å². The average molecular weight is 438 g/mol. The number of amides is 1. The van der Waals surface area contributed by atoms with Crippen LogP contribution in [0, 0.1) is 0 Å². The highest BCUT2D eigenvalue weighted by molar-refractivity contribution is 6.06. The van der Waals surface area contributed by atoms with Gasteiger partial charge >= 0.3 is 0 Å². The highest BCUT2D eigenvalue weighted by Crippen LogP contribution is 2.29. The summed E-state index contributed by atoms with van der Waals surface area (Å²) < 4.78 is 12.7. The van der Waals surface area contributed by atoms with Crippen LogP contribution in [0.15, 0.2) is 36.7 Å². The number of hydrogen-bond donors (Lipinski definition) is 2. The van der Waals surface area contributed by atoms with Crippen molar-refractivity contribution in [1.82, 2.24) is 20.1 Å². The number of ether oxygens (including phenoxy) is 2. The summed E-state index contributed by atoms with van der Waals surface area (Å²) in [6, 6.07) is 7.91. The molecule has 3 heterocycles. The second-order valence-electron chi connectivity index (χ2n) is 7.99. The van der Waals surface area contributed by atoms with E-state index in [0.29, 0.717) is 12.1 Å². The molecule has 2 N–H and O–H groups in total. The molecular formula is C24H31N5O3. The zero-order chi connectivity index (χ0) is 22.5. The van der Waals surface area contributed by atoms with Gasteiger partial charge in [0.25, 0.3) is 5.91 Å². The van der Waals surface area contributed by atoms with Gasteiger partial charge in [0, 0.05) is 32.0 Å². The van der Waals surface area contributed by atoms with Crippen LogP contribution in [-0.2, 0) is 11.3 Å².